The van der Waals surface area contributed by atoms with Crippen molar-refractivity contribution in [3.63, 3.8) is 0 Å². The lowest BCUT2D eigenvalue weighted by Crippen LogP contribution is -1.96. The van der Waals surface area contributed by atoms with Gasteiger partial charge in [-0.1, -0.05) is 12.1 Å². The van der Waals surface area contributed by atoms with E-state index in [1.165, 1.54) is 18.2 Å². The molecule has 1 aromatic carbocycles. The Bertz CT molecular complexity index is 553. The van der Waals surface area contributed by atoms with Crippen LogP contribution in [0, 0.1) is 5.82 Å². The number of aromatic nitrogens is 1. The highest BCUT2D eigenvalue weighted by molar-refractivity contribution is 9.10. The van der Waals surface area contributed by atoms with Crippen molar-refractivity contribution in [3.05, 3.63) is 40.6 Å². The number of nitrogens with zero attached hydrogens (tertiary/aromatic N) is 1. The van der Waals surface area contributed by atoms with Gasteiger partial charge in [-0.15, -0.1) is 0 Å². The number of hydrogen-bond acceptors (Lipinski definition) is 3. The lowest BCUT2D eigenvalue weighted by atomic mass is 10.1. The van der Waals surface area contributed by atoms with Crippen molar-refractivity contribution in [1.29, 1.82) is 0 Å². The fraction of sp³-hybridized carbons (Fsp3) is 0. The van der Waals surface area contributed by atoms with Crippen LogP contribution in [-0.4, -0.2) is 16.1 Å². The molecule has 4 nitrogen and oxygen atoms in total. The highest BCUT2D eigenvalue weighted by atomic mass is 79.9. The minimum atomic E-state index is -1.25. The number of benzene rings is 1. The molecular weight excluding hydrogens is 281 g/mol. The van der Waals surface area contributed by atoms with E-state index in [0.717, 1.165) is 0 Å². The lowest BCUT2D eigenvalue weighted by molar-refractivity contribution is 0.0662. The van der Waals surface area contributed by atoms with Crippen LogP contribution in [0.25, 0.3) is 11.3 Å². The van der Waals surface area contributed by atoms with E-state index in [0.29, 0.717) is 5.56 Å². The van der Waals surface area contributed by atoms with Gasteiger partial charge in [0.15, 0.2) is 0 Å². The average Bonchev–Trinajstić information content (AvgIpc) is 2.60. The Labute approximate surface area is 97.9 Å². The Morgan fingerprint density at radius 2 is 2.25 bits per heavy atom. The molecule has 1 heterocycles. The van der Waals surface area contributed by atoms with Crippen molar-refractivity contribution in [2.75, 3.05) is 0 Å². The summed E-state index contributed by atoms with van der Waals surface area (Å²) >= 11 is 2.93. The molecule has 2 rings (SSSR count). The van der Waals surface area contributed by atoms with Crippen LogP contribution in [-0.2, 0) is 0 Å². The van der Waals surface area contributed by atoms with Crippen molar-refractivity contribution in [3.8, 4) is 11.3 Å². The maximum atomic E-state index is 13.0. The zero-order valence-electron chi connectivity index (χ0n) is 7.78. The van der Waals surface area contributed by atoms with Crippen LogP contribution in [0.1, 0.15) is 10.6 Å². The smallest absolute Gasteiger partial charge is 0.374 e. The molecule has 0 aliphatic heterocycles. The Morgan fingerprint density at radius 1 is 1.50 bits per heavy atom. The molecule has 0 fully saturated rings. The first-order chi connectivity index (χ1) is 7.58. The van der Waals surface area contributed by atoms with Gasteiger partial charge in [0, 0.05) is 21.5 Å². The summed E-state index contributed by atoms with van der Waals surface area (Å²) < 4.78 is 17.8. The van der Waals surface area contributed by atoms with Gasteiger partial charge in [0.1, 0.15) is 11.5 Å². The zero-order chi connectivity index (χ0) is 11.7. The molecule has 6 heteroatoms. The van der Waals surface area contributed by atoms with Crippen LogP contribution in [0.4, 0.5) is 4.39 Å². The van der Waals surface area contributed by atoms with Crippen molar-refractivity contribution in [1.82, 2.24) is 4.98 Å². The van der Waals surface area contributed by atoms with Gasteiger partial charge in [-0.2, -0.15) is 0 Å². The van der Waals surface area contributed by atoms with E-state index in [1.54, 1.807) is 6.07 Å². The second-order valence-corrected chi connectivity index (χ2v) is 3.64. The average molecular weight is 286 g/mol. The Morgan fingerprint density at radius 3 is 2.88 bits per heavy atom. The van der Waals surface area contributed by atoms with Gasteiger partial charge in [-0.25, -0.2) is 14.2 Å². The fourth-order valence-electron chi connectivity index (χ4n) is 1.27. The minimum absolute atomic E-state index is 0.0455. The lowest BCUT2D eigenvalue weighted by Gasteiger charge is -1.97. The molecule has 0 atom stereocenters. The molecule has 82 valence electrons. The van der Waals surface area contributed by atoms with E-state index in [4.69, 9.17) is 9.52 Å². The van der Waals surface area contributed by atoms with Crippen molar-refractivity contribution >= 4 is 21.9 Å². The number of hydrogen-bond donors (Lipinski definition) is 1. The molecule has 16 heavy (non-hydrogen) atoms. The fourth-order valence-corrected chi connectivity index (χ4v) is 1.61. The van der Waals surface area contributed by atoms with Crippen LogP contribution < -0.4 is 0 Å². The summed E-state index contributed by atoms with van der Waals surface area (Å²) in [6.45, 7) is 0. The number of rotatable bonds is 2. The number of carbonyl (C=O) groups is 1. The number of carboxylic acid groups (broad SMARTS) is 1. The summed E-state index contributed by atoms with van der Waals surface area (Å²) in [5.74, 6) is -2.04. The molecule has 1 N–H and O–H groups in total. The third-order valence-electron chi connectivity index (χ3n) is 1.89. The largest absolute Gasteiger partial charge is 0.475 e. The Kier molecular flexibility index (Phi) is 2.74. The van der Waals surface area contributed by atoms with Gasteiger partial charge in [0.2, 0.25) is 5.76 Å². The predicted octanol–water partition coefficient (Wildman–Crippen LogP) is 2.94. The van der Waals surface area contributed by atoms with E-state index in [2.05, 4.69) is 20.9 Å². The topological polar surface area (TPSA) is 63.3 Å². The second-order valence-electron chi connectivity index (χ2n) is 2.96. The highest BCUT2D eigenvalue weighted by Gasteiger charge is 2.20. The second kappa shape index (κ2) is 4.05. The third-order valence-corrected chi connectivity index (χ3v) is 2.23. The maximum Gasteiger partial charge on any atom is 0.374 e. The summed E-state index contributed by atoms with van der Waals surface area (Å²) in [4.78, 5) is 14.7. The molecule has 0 bridgehead atoms. The van der Waals surface area contributed by atoms with Crippen molar-refractivity contribution < 1.29 is 18.7 Å². The molecule has 0 saturated carbocycles. The summed E-state index contributed by atoms with van der Waals surface area (Å²) in [5.41, 5.74) is 0.450. The van der Waals surface area contributed by atoms with E-state index >= 15 is 0 Å². The Balaban J connectivity index is 2.59. The van der Waals surface area contributed by atoms with Gasteiger partial charge in [0.05, 0.1) is 0 Å². The molecular formula is C10H5BrFNO3. The van der Waals surface area contributed by atoms with Crippen LogP contribution in [0.5, 0.6) is 0 Å². The highest BCUT2D eigenvalue weighted by Crippen LogP contribution is 2.26. The standard InChI is InChI=1S/C10H5BrFNO3/c11-10-13-7(8(16-10)9(14)15)5-2-1-3-6(12)4-5/h1-4H,(H,14,15). The van der Waals surface area contributed by atoms with Crippen LogP contribution in [0.2, 0.25) is 0 Å². The van der Waals surface area contributed by atoms with Gasteiger partial charge in [-0.3, -0.25) is 0 Å². The molecule has 0 spiro atoms. The normalized spacial score (nSPS) is 10.4. The Hall–Kier alpha value is -1.69. The van der Waals surface area contributed by atoms with Crippen LogP contribution >= 0.6 is 15.9 Å². The van der Waals surface area contributed by atoms with Crippen molar-refractivity contribution in [2.24, 2.45) is 0 Å². The molecule has 0 aliphatic carbocycles. The van der Waals surface area contributed by atoms with Gasteiger partial charge in [-0.05, 0) is 12.1 Å². The minimum Gasteiger partial charge on any atom is -0.475 e. The van der Waals surface area contributed by atoms with E-state index in [9.17, 15) is 9.18 Å². The number of carboxylic acids is 1. The zero-order valence-corrected chi connectivity index (χ0v) is 9.36. The summed E-state index contributed by atoms with van der Waals surface area (Å²) in [6, 6.07) is 5.48. The van der Waals surface area contributed by atoms with Gasteiger partial charge in [0.25, 0.3) is 4.80 Å². The van der Waals surface area contributed by atoms with E-state index < -0.39 is 11.8 Å². The first kappa shape index (κ1) is 10.8. The van der Waals surface area contributed by atoms with Gasteiger partial charge >= 0.3 is 5.97 Å². The first-order valence-electron chi connectivity index (χ1n) is 4.23. The number of halogens is 2. The number of oxazole rings is 1. The number of aromatic carboxylic acids is 1. The van der Waals surface area contributed by atoms with Gasteiger partial charge < -0.3 is 9.52 Å². The molecule has 2 aromatic rings. The molecule has 0 unspecified atom stereocenters. The molecule has 0 amide bonds. The summed E-state index contributed by atoms with van der Waals surface area (Å²) in [5, 5.41) is 8.86. The molecule has 1 aromatic heterocycles. The van der Waals surface area contributed by atoms with E-state index in [-0.39, 0.29) is 16.3 Å². The summed E-state index contributed by atoms with van der Waals surface area (Å²) in [7, 11) is 0. The maximum absolute atomic E-state index is 13.0. The third kappa shape index (κ3) is 1.96. The van der Waals surface area contributed by atoms with Crippen LogP contribution in [0.3, 0.4) is 0 Å². The quantitative estimate of drug-likeness (QED) is 0.921. The SMILES string of the molecule is O=C(O)c1oc(Br)nc1-c1cccc(F)c1. The molecule has 0 radical (unpaired) electrons. The van der Waals surface area contributed by atoms with E-state index in [1.807, 2.05) is 0 Å². The molecule has 0 aliphatic rings. The molecule has 0 saturated heterocycles. The monoisotopic (exact) mass is 285 g/mol. The predicted molar refractivity (Wildman–Crippen MR) is 56.6 cm³/mol. The van der Waals surface area contributed by atoms with Crippen molar-refractivity contribution in [2.45, 2.75) is 0 Å². The first-order valence-corrected chi connectivity index (χ1v) is 5.03. The summed E-state index contributed by atoms with van der Waals surface area (Å²) in [6.07, 6.45) is 0. The van der Waals surface area contributed by atoms with Crippen LogP contribution in [0.15, 0.2) is 33.5 Å².